The zero-order valence-electron chi connectivity index (χ0n) is 22.4. The molecule has 6 nitrogen and oxygen atoms in total. The van der Waals surface area contributed by atoms with Crippen LogP contribution in [0.4, 0.5) is 11.4 Å². The number of nitrogens with zero attached hydrogens (tertiary/aromatic N) is 3. The second-order valence-corrected chi connectivity index (χ2v) is 9.61. The number of allylic oxidation sites excluding steroid dienone is 1. The third-order valence-electron chi connectivity index (χ3n) is 7.32. The van der Waals surface area contributed by atoms with E-state index in [1.807, 2.05) is 30.3 Å². The van der Waals surface area contributed by atoms with E-state index in [9.17, 15) is 9.59 Å². The van der Waals surface area contributed by atoms with Gasteiger partial charge in [0.05, 0.1) is 0 Å². The lowest BCUT2D eigenvalue weighted by Crippen LogP contribution is -2.37. The van der Waals surface area contributed by atoms with Crippen LogP contribution in [-0.4, -0.2) is 56.5 Å². The number of likely N-dealkylation sites (N-methyl/N-ethyl adjacent to an activating group) is 1. The predicted octanol–water partition coefficient (Wildman–Crippen LogP) is 5.85. The van der Waals surface area contributed by atoms with Gasteiger partial charge in [0.15, 0.2) is 5.78 Å². The lowest BCUT2D eigenvalue weighted by molar-refractivity contribution is 0.104. The van der Waals surface area contributed by atoms with E-state index in [0.717, 1.165) is 49.4 Å². The Kier molecular flexibility index (Phi) is 9.18. The maximum Gasteiger partial charge on any atom is 0.347 e. The Balaban J connectivity index is 1.42. The van der Waals surface area contributed by atoms with Crippen LogP contribution in [0.1, 0.15) is 56.0 Å². The second kappa shape index (κ2) is 12.7. The van der Waals surface area contributed by atoms with Gasteiger partial charge < -0.3 is 19.1 Å². The number of anilines is 2. The normalized spacial score (nSPS) is 14.4. The third-order valence-corrected chi connectivity index (χ3v) is 7.32. The summed E-state index contributed by atoms with van der Waals surface area (Å²) in [6.07, 6.45) is 7.18. The number of likely N-dealkylation sites (tertiary alicyclic amines) is 1. The van der Waals surface area contributed by atoms with Crippen LogP contribution < -0.4 is 15.4 Å². The molecule has 0 radical (unpaired) electrons. The van der Waals surface area contributed by atoms with Crippen molar-refractivity contribution in [3.8, 4) is 0 Å². The van der Waals surface area contributed by atoms with Gasteiger partial charge in [-0.2, -0.15) is 0 Å². The summed E-state index contributed by atoms with van der Waals surface area (Å²) in [5.74, 6) is -0.357. The maximum atomic E-state index is 12.8. The minimum atomic E-state index is -0.610. The predicted molar refractivity (Wildman–Crippen MR) is 154 cm³/mol. The molecule has 0 bridgehead atoms. The molecule has 1 aliphatic rings. The second-order valence-electron chi connectivity index (χ2n) is 9.61. The topological polar surface area (TPSA) is 57.0 Å². The summed E-state index contributed by atoms with van der Waals surface area (Å²) in [6, 6.07) is 15.6. The minimum Gasteiger partial charge on any atom is -0.422 e. The van der Waals surface area contributed by atoms with Crippen LogP contribution in [0.5, 0.6) is 0 Å². The Morgan fingerprint density at radius 3 is 2.24 bits per heavy atom. The van der Waals surface area contributed by atoms with Crippen molar-refractivity contribution in [1.29, 1.82) is 0 Å². The fraction of sp³-hybridized carbons (Fsp3) is 0.419. The number of piperidine rings is 1. The number of carbonyl (C=O) groups excluding carboxylic acids is 1. The van der Waals surface area contributed by atoms with Gasteiger partial charge in [0.1, 0.15) is 11.1 Å². The number of ketones is 1. The van der Waals surface area contributed by atoms with Gasteiger partial charge >= 0.3 is 5.63 Å². The molecule has 1 aromatic heterocycles. The van der Waals surface area contributed by atoms with E-state index in [-0.39, 0.29) is 11.3 Å². The summed E-state index contributed by atoms with van der Waals surface area (Å²) >= 11 is 0. The molecule has 0 N–H and O–H groups in total. The van der Waals surface area contributed by atoms with Crippen molar-refractivity contribution in [2.45, 2.75) is 40.0 Å². The Labute approximate surface area is 220 Å². The highest BCUT2D eigenvalue weighted by Crippen LogP contribution is 2.22. The van der Waals surface area contributed by atoms with Gasteiger partial charge in [0.25, 0.3) is 0 Å². The van der Waals surface area contributed by atoms with Crippen LogP contribution in [-0.2, 0) is 0 Å². The van der Waals surface area contributed by atoms with E-state index in [4.69, 9.17) is 4.42 Å². The Morgan fingerprint density at radius 1 is 0.892 bits per heavy atom. The van der Waals surface area contributed by atoms with E-state index in [1.165, 1.54) is 44.1 Å². The SMILES string of the molecule is CCN(CC)c1ccc2cc(C(=O)C=Cc3ccc(N(CC)CCN4CCCCC4)cc3)c(=O)oc2c1. The van der Waals surface area contributed by atoms with Crippen molar-refractivity contribution in [3.63, 3.8) is 0 Å². The molecular formula is C31H39N3O3. The Morgan fingerprint density at radius 2 is 1.57 bits per heavy atom. The molecule has 1 aliphatic heterocycles. The van der Waals surface area contributed by atoms with Gasteiger partial charge in [-0.15, -0.1) is 0 Å². The van der Waals surface area contributed by atoms with Crippen molar-refractivity contribution in [2.24, 2.45) is 0 Å². The molecule has 4 rings (SSSR count). The zero-order valence-corrected chi connectivity index (χ0v) is 22.4. The van der Waals surface area contributed by atoms with Gasteiger partial charge in [-0.25, -0.2) is 4.79 Å². The van der Waals surface area contributed by atoms with Crippen LogP contribution in [0.25, 0.3) is 17.0 Å². The monoisotopic (exact) mass is 501 g/mol. The van der Waals surface area contributed by atoms with E-state index >= 15 is 0 Å². The number of hydrogen-bond acceptors (Lipinski definition) is 6. The van der Waals surface area contributed by atoms with E-state index in [0.29, 0.717) is 5.58 Å². The summed E-state index contributed by atoms with van der Waals surface area (Å²) < 4.78 is 5.52. The Bertz CT molecular complexity index is 1270. The molecular weight excluding hydrogens is 462 g/mol. The number of fused-ring (bicyclic) bond motifs is 1. The summed E-state index contributed by atoms with van der Waals surface area (Å²) in [5.41, 5.74) is 3.02. The molecule has 0 spiro atoms. The summed E-state index contributed by atoms with van der Waals surface area (Å²) in [4.78, 5) is 32.6. The van der Waals surface area contributed by atoms with Gasteiger partial charge in [-0.1, -0.05) is 24.6 Å². The van der Waals surface area contributed by atoms with Crippen LogP contribution >= 0.6 is 0 Å². The van der Waals surface area contributed by atoms with Gasteiger partial charge in [0.2, 0.25) is 0 Å². The van der Waals surface area contributed by atoms with Crippen molar-refractivity contribution >= 4 is 34.2 Å². The van der Waals surface area contributed by atoms with Crippen LogP contribution in [0.15, 0.2) is 63.8 Å². The van der Waals surface area contributed by atoms with E-state index < -0.39 is 5.63 Å². The minimum absolute atomic E-state index is 0.0471. The van der Waals surface area contributed by atoms with Crippen molar-refractivity contribution < 1.29 is 9.21 Å². The molecule has 6 heteroatoms. The van der Waals surface area contributed by atoms with Crippen LogP contribution in [0, 0.1) is 0 Å². The van der Waals surface area contributed by atoms with Crippen molar-refractivity contribution in [3.05, 3.63) is 76.2 Å². The number of rotatable bonds is 11. The highest BCUT2D eigenvalue weighted by atomic mass is 16.4. The quantitative estimate of drug-likeness (QED) is 0.187. The van der Waals surface area contributed by atoms with Gasteiger partial charge in [-0.3, -0.25) is 4.79 Å². The van der Waals surface area contributed by atoms with Gasteiger partial charge in [0, 0.05) is 55.6 Å². The fourth-order valence-corrected chi connectivity index (χ4v) is 5.03. The molecule has 3 aromatic rings. The van der Waals surface area contributed by atoms with Crippen LogP contribution in [0.3, 0.4) is 0 Å². The molecule has 2 heterocycles. The standard InChI is InChI=1S/C31H39N3O3/c1-4-33(5-2)27-16-13-25-22-28(31(36)37-30(25)23-27)29(35)17-12-24-10-14-26(15-11-24)34(6-3)21-20-32-18-8-7-9-19-32/h10-17,22-23H,4-9,18-21H2,1-3H3. The van der Waals surface area contributed by atoms with Gasteiger partial charge in [-0.05, 0) is 88.7 Å². The molecule has 1 saturated heterocycles. The summed E-state index contributed by atoms with van der Waals surface area (Å²) in [5, 5.41) is 0.737. The average Bonchev–Trinajstić information content (AvgIpc) is 2.93. The smallest absolute Gasteiger partial charge is 0.347 e. The molecule has 0 saturated carbocycles. The first-order valence-electron chi connectivity index (χ1n) is 13.6. The molecule has 2 aromatic carbocycles. The molecule has 37 heavy (non-hydrogen) atoms. The number of benzene rings is 2. The fourth-order valence-electron chi connectivity index (χ4n) is 5.03. The summed E-state index contributed by atoms with van der Waals surface area (Å²) in [6.45, 7) is 13.6. The lowest BCUT2D eigenvalue weighted by Gasteiger charge is -2.30. The highest BCUT2D eigenvalue weighted by Gasteiger charge is 2.14. The Hall–Kier alpha value is -3.38. The van der Waals surface area contributed by atoms with E-state index in [1.54, 1.807) is 12.1 Å². The molecule has 196 valence electrons. The van der Waals surface area contributed by atoms with Crippen molar-refractivity contribution in [2.75, 3.05) is 55.6 Å². The molecule has 1 fully saturated rings. The largest absolute Gasteiger partial charge is 0.422 e. The van der Waals surface area contributed by atoms with E-state index in [2.05, 4.69) is 47.6 Å². The summed E-state index contributed by atoms with van der Waals surface area (Å²) in [7, 11) is 0. The first kappa shape index (κ1) is 26.7. The first-order valence-corrected chi connectivity index (χ1v) is 13.6. The highest BCUT2D eigenvalue weighted by molar-refractivity contribution is 6.07. The lowest BCUT2D eigenvalue weighted by atomic mass is 10.1. The first-order chi connectivity index (χ1) is 18.0. The zero-order chi connectivity index (χ0) is 26.2. The molecule has 0 unspecified atom stereocenters. The molecule has 0 atom stereocenters. The third kappa shape index (κ3) is 6.69. The number of carbonyl (C=O) groups is 1. The average molecular weight is 502 g/mol. The maximum absolute atomic E-state index is 12.8. The number of hydrogen-bond donors (Lipinski definition) is 0. The van der Waals surface area contributed by atoms with Crippen molar-refractivity contribution in [1.82, 2.24) is 4.90 Å². The van der Waals surface area contributed by atoms with Crippen LogP contribution in [0.2, 0.25) is 0 Å². The molecule has 0 amide bonds. The molecule has 0 aliphatic carbocycles.